The van der Waals surface area contributed by atoms with Gasteiger partial charge in [0.15, 0.2) is 0 Å². The summed E-state index contributed by atoms with van der Waals surface area (Å²) in [4.78, 5) is 17.3. The molecule has 41 heavy (non-hydrogen) atoms. The second-order valence-corrected chi connectivity index (χ2v) is 12.4. The summed E-state index contributed by atoms with van der Waals surface area (Å²) < 4.78 is 57.3. The number of nitrogens with two attached hydrogens (primary N) is 1. The predicted octanol–water partition coefficient (Wildman–Crippen LogP) is 5.75. The third-order valence-corrected chi connectivity index (χ3v) is 9.74. The van der Waals surface area contributed by atoms with Crippen LogP contribution in [-0.2, 0) is 11.0 Å². The molecule has 1 aliphatic carbocycles. The molecule has 1 aromatic heterocycles. The van der Waals surface area contributed by atoms with E-state index < -0.39 is 35.4 Å². The van der Waals surface area contributed by atoms with Crippen LogP contribution in [0.2, 0.25) is 5.02 Å². The summed E-state index contributed by atoms with van der Waals surface area (Å²) in [5, 5.41) is 6.44. The first-order valence-electron chi connectivity index (χ1n) is 14.2. The van der Waals surface area contributed by atoms with Crippen molar-refractivity contribution in [2.45, 2.75) is 75.7 Å². The lowest BCUT2D eigenvalue weighted by molar-refractivity contribution is -0.137. The molecule has 1 aromatic carbocycles. The number of aromatic nitrogens is 1. The molecule has 0 bridgehead atoms. The summed E-state index contributed by atoms with van der Waals surface area (Å²) in [5.74, 6) is -0.919. The van der Waals surface area contributed by atoms with Gasteiger partial charge < -0.3 is 16.4 Å². The van der Waals surface area contributed by atoms with Crippen molar-refractivity contribution < 1.29 is 22.4 Å². The molecule has 6 nitrogen and oxygen atoms in total. The van der Waals surface area contributed by atoms with Crippen molar-refractivity contribution in [2.24, 2.45) is 11.7 Å². The van der Waals surface area contributed by atoms with Gasteiger partial charge in [0.1, 0.15) is 5.82 Å². The monoisotopic (exact) mass is 615 g/mol. The summed E-state index contributed by atoms with van der Waals surface area (Å²) in [6.07, 6.45) is 3.18. The van der Waals surface area contributed by atoms with E-state index in [1.54, 1.807) is 0 Å². The Labute approximate surface area is 248 Å². The van der Waals surface area contributed by atoms with E-state index in [0.717, 1.165) is 76.0 Å². The summed E-state index contributed by atoms with van der Waals surface area (Å²) in [6, 6.07) is 3.88. The number of nitrogens with one attached hydrogen (secondary N) is 2. The molecule has 1 saturated carbocycles. The van der Waals surface area contributed by atoms with Gasteiger partial charge in [-0.05, 0) is 67.3 Å². The Morgan fingerprint density at radius 1 is 1.24 bits per heavy atom. The smallest absolute Gasteiger partial charge is 0.352 e. The number of benzene rings is 1. The van der Waals surface area contributed by atoms with Gasteiger partial charge in [0, 0.05) is 55.8 Å². The number of hydrogen-bond acceptors (Lipinski definition) is 6. The third-order valence-electron chi connectivity index (χ3n) is 8.03. The highest BCUT2D eigenvalue weighted by Crippen LogP contribution is 2.36. The van der Waals surface area contributed by atoms with Crippen LogP contribution in [-0.4, -0.2) is 58.7 Å². The van der Waals surface area contributed by atoms with Crippen LogP contribution in [0.3, 0.4) is 0 Å². The Hall–Kier alpha value is -1.92. The van der Waals surface area contributed by atoms with Gasteiger partial charge in [0.25, 0.3) is 0 Å². The van der Waals surface area contributed by atoms with Crippen LogP contribution < -0.4 is 16.4 Å². The van der Waals surface area contributed by atoms with Crippen molar-refractivity contribution in [1.29, 1.82) is 0 Å². The molecule has 226 valence electrons. The zero-order valence-electron chi connectivity index (χ0n) is 23.1. The van der Waals surface area contributed by atoms with Gasteiger partial charge in [-0.25, -0.2) is 8.70 Å². The molecule has 1 aliphatic heterocycles. The van der Waals surface area contributed by atoms with E-state index in [2.05, 4.69) is 26.8 Å². The first-order chi connectivity index (χ1) is 19.6. The second-order valence-electron chi connectivity index (χ2n) is 10.9. The minimum absolute atomic E-state index is 0.0710. The van der Waals surface area contributed by atoms with E-state index in [4.69, 9.17) is 17.3 Å². The van der Waals surface area contributed by atoms with Crippen LogP contribution in [0.25, 0.3) is 0 Å². The fourth-order valence-electron chi connectivity index (χ4n) is 5.87. The molecule has 1 amide bonds. The number of alkyl halides is 3. The second kappa shape index (κ2) is 14.5. The fraction of sp³-hybridized carbons (Fsp3) is 0.586. The van der Waals surface area contributed by atoms with Gasteiger partial charge in [-0.3, -0.25) is 9.78 Å². The molecule has 4 N–H and O–H groups in total. The van der Waals surface area contributed by atoms with Crippen LogP contribution in [0.4, 0.5) is 17.6 Å². The Morgan fingerprint density at radius 3 is 2.78 bits per heavy atom. The van der Waals surface area contributed by atoms with Crippen molar-refractivity contribution in [1.82, 2.24) is 19.9 Å². The van der Waals surface area contributed by atoms with Gasteiger partial charge in [-0.2, -0.15) is 13.2 Å². The summed E-state index contributed by atoms with van der Waals surface area (Å²) in [5.41, 5.74) is 5.80. The third kappa shape index (κ3) is 8.34. The fourth-order valence-corrected chi connectivity index (χ4v) is 7.02. The minimum atomic E-state index is -4.64. The number of rotatable bonds is 11. The molecule has 0 radical (unpaired) electrons. The lowest BCUT2D eigenvalue weighted by atomic mass is 9.84. The number of piperazine rings is 1. The molecule has 2 aromatic rings. The normalized spacial score (nSPS) is 23.3. The van der Waals surface area contributed by atoms with Crippen LogP contribution in [0.5, 0.6) is 0 Å². The standard InChI is InChI=1S/C29H38ClF4N5OS/c1-2-12-41-39-11-10-36-17-22(39)8-6-18-4-3-5-25(18)38-28(40)27(35)26(19-7-9-23(30)24(31)14-19)20-13-21(16-37-15-20)29(32,33)34/h7,9,13-16,18,22,25-27,36H,2-6,8,10-12,17,35H2,1H3,(H,38,40)/t18-,22?,25?,26?,27+/m1/s1. The minimum Gasteiger partial charge on any atom is -0.352 e. The average molecular weight is 616 g/mol. The lowest BCUT2D eigenvalue weighted by Gasteiger charge is -2.36. The van der Waals surface area contributed by atoms with Gasteiger partial charge in [-0.1, -0.05) is 43.0 Å². The van der Waals surface area contributed by atoms with Crippen molar-refractivity contribution >= 4 is 29.5 Å². The Morgan fingerprint density at radius 2 is 2.05 bits per heavy atom. The average Bonchev–Trinajstić information content (AvgIpc) is 3.39. The number of carbonyl (C=O) groups is 1. The number of hydrogen-bond donors (Lipinski definition) is 3. The zero-order chi connectivity index (χ0) is 29.6. The molecule has 1 saturated heterocycles. The van der Waals surface area contributed by atoms with E-state index in [1.165, 1.54) is 18.3 Å². The van der Waals surface area contributed by atoms with E-state index >= 15 is 0 Å². The van der Waals surface area contributed by atoms with Crippen LogP contribution in [0.15, 0.2) is 36.7 Å². The summed E-state index contributed by atoms with van der Waals surface area (Å²) in [7, 11) is 0. The van der Waals surface area contributed by atoms with Crippen LogP contribution >= 0.6 is 23.5 Å². The summed E-state index contributed by atoms with van der Waals surface area (Å²) in [6.45, 7) is 5.10. The van der Waals surface area contributed by atoms with Crippen LogP contribution in [0.1, 0.15) is 68.1 Å². The molecule has 2 aliphatic rings. The Kier molecular flexibility index (Phi) is 11.3. The van der Waals surface area contributed by atoms with Gasteiger partial charge in [0.2, 0.25) is 5.91 Å². The maximum absolute atomic E-state index is 14.4. The topological polar surface area (TPSA) is 83.3 Å². The van der Waals surface area contributed by atoms with E-state index in [1.807, 2.05) is 11.9 Å². The predicted molar refractivity (Wildman–Crippen MR) is 155 cm³/mol. The van der Waals surface area contributed by atoms with Crippen molar-refractivity contribution in [3.05, 3.63) is 64.2 Å². The Balaban J connectivity index is 1.48. The van der Waals surface area contributed by atoms with Crippen molar-refractivity contribution in [3.63, 3.8) is 0 Å². The van der Waals surface area contributed by atoms with E-state index in [-0.39, 0.29) is 28.1 Å². The molecule has 12 heteroatoms. The highest BCUT2D eigenvalue weighted by atomic mass is 35.5. The molecule has 2 fully saturated rings. The Bertz CT molecular complexity index is 1170. The molecule has 5 atom stereocenters. The molecule has 3 unspecified atom stereocenters. The first-order valence-corrected chi connectivity index (χ1v) is 15.5. The first kappa shape index (κ1) is 32.0. The lowest BCUT2D eigenvalue weighted by Crippen LogP contribution is -2.50. The molecular weight excluding hydrogens is 578 g/mol. The number of carbonyl (C=O) groups excluding carboxylic acids is 1. The molecule has 0 spiro atoms. The largest absolute Gasteiger partial charge is 0.417 e. The van der Waals surface area contributed by atoms with Crippen molar-refractivity contribution in [3.8, 4) is 0 Å². The SMILES string of the molecule is CCCSN1CCNCC1CC[C@H]1CCCC1NC(=O)[C@@H](N)C(c1cncc(C(F)(F)F)c1)c1ccc(Cl)c(F)c1. The van der Waals surface area contributed by atoms with Gasteiger partial charge in [0.05, 0.1) is 16.6 Å². The molecular formula is C29H38ClF4N5OS. The molecule has 2 heterocycles. The highest BCUT2D eigenvalue weighted by molar-refractivity contribution is 7.97. The van der Waals surface area contributed by atoms with Crippen LogP contribution in [0, 0.1) is 11.7 Å². The zero-order valence-corrected chi connectivity index (χ0v) is 24.7. The number of nitrogens with zero attached hydrogens (tertiary/aromatic N) is 2. The number of amides is 1. The van der Waals surface area contributed by atoms with E-state index in [9.17, 15) is 22.4 Å². The number of pyridine rings is 1. The molecule has 4 rings (SSSR count). The van der Waals surface area contributed by atoms with Gasteiger partial charge >= 0.3 is 6.18 Å². The highest BCUT2D eigenvalue weighted by Gasteiger charge is 2.36. The maximum Gasteiger partial charge on any atom is 0.417 e. The maximum atomic E-state index is 14.4. The van der Waals surface area contributed by atoms with E-state index in [0.29, 0.717) is 12.2 Å². The van der Waals surface area contributed by atoms with Crippen molar-refractivity contribution in [2.75, 3.05) is 25.4 Å². The summed E-state index contributed by atoms with van der Waals surface area (Å²) >= 11 is 7.76. The quantitative estimate of drug-likeness (QED) is 0.221. The van der Waals surface area contributed by atoms with Gasteiger partial charge in [-0.15, -0.1) is 0 Å². The number of halogens is 5.